The topological polar surface area (TPSA) is 124 Å². The quantitative estimate of drug-likeness (QED) is 0.463. The number of carbonyl (C=O) groups is 2. The molecule has 0 fully saturated rings. The van der Waals surface area contributed by atoms with Crippen LogP contribution < -0.4 is 15.7 Å². The molecule has 0 saturated carbocycles. The number of nitrogens with zero attached hydrogens (tertiary/aromatic N) is 1. The molecule has 2 N–H and O–H groups in total. The number of nitrogens with one attached hydrogen (secondary N) is 2. The fraction of sp³-hybridized carbons (Fsp3) is 0.0625. The smallest absolute Gasteiger partial charge is 0.273 e. The monoisotopic (exact) mass is 392 g/mol. The summed E-state index contributed by atoms with van der Waals surface area (Å²) in [7, 11) is 0. The molecule has 2 rings (SSSR count). The van der Waals surface area contributed by atoms with Gasteiger partial charge in [0.15, 0.2) is 5.11 Å². The maximum Gasteiger partial charge on any atom is 0.273 e. The summed E-state index contributed by atoms with van der Waals surface area (Å²) in [6.45, 7) is 1.45. The van der Waals surface area contributed by atoms with Crippen LogP contribution in [0, 0.1) is 17.0 Å². The zero-order valence-corrected chi connectivity index (χ0v) is 14.8. The normalized spacial score (nSPS) is 10.1. The number of carbonyl (C=O) groups excluding carboxylic acids is 2. The van der Waals surface area contributed by atoms with Gasteiger partial charge in [-0.2, -0.15) is 0 Å². The molecule has 0 saturated heterocycles. The SMILES string of the molecule is Cc1c(C(=O)NC(=S)Nc2cc(C(=O)[O-])ccc2Cl)cccc1[N+](=O)[O-]. The summed E-state index contributed by atoms with van der Waals surface area (Å²) in [4.78, 5) is 33.6. The van der Waals surface area contributed by atoms with Crippen LogP contribution in [0.2, 0.25) is 5.02 Å². The molecule has 26 heavy (non-hydrogen) atoms. The van der Waals surface area contributed by atoms with Crippen LogP contribution in [-0.2, 0) is 0 Å². The molecule has 0 aromatic heterocycles. The Balaban J connectivity index is 2.17. The van der Waals surface area contributed by atoms with Gasteiger partial charge in [0.25, 0.3) is 11.6 Å². The fourth-order valence-electron chi connectivity index (χ4n) is 2.14. The summed E-state index contributed by atoms with van der Waals surface area (Å²) in [6.07, 6.45) is 0. The van der Waals surface area contributed by atoms with Crippen molar-refractivity contribution >= 4 is 52.2 Å². The van der Waals surface area contributed by atoms with Gasteiger partial charge in [0.1, 0.15) is 0 Å². The zero-order chi connectivity index (χ0) is 19.4. The van der Waals surface area contributed by atoms with Crippen LogP contribution >= 0.6 is 23.8 Å². The van der Waals surface area contributed by atoms with E-state index in [2.05, 4.69) is 10.6 Å². The first-order valence-electron chi connectivity index (χ1n) is 7.08. The zero-order valence-electron chi connectivity index (χ0n) is 13.2. The highest BCUT2D eigenvalue weighted by atomic mass is 35.5. The van der Waals surface area contributed by atoms with Crippen molar-refractivity contribution in [1.29, 1.82) is 0 Å². The maximum atomic E-state index is 12.3. The predicted octanol–water partition coefficient (Wildman–Crippen LogP) is 2.05. The van der Waals surface area contributed by atoms with Gasteiger partial charge >= 0.3 is 0 Å². The minimum atomic E-state index is -1.40. The second-order valence-corrected chi connectivity index (χ2v) is 5.91. The Labute approximate surface area is 157 Å². The third-order valence-electron chi connectivity index (χ3n) is 3.42. The van der Waals surface area contributed by atoms with Crippen LogP contribution in [0.25, 0.3) is 0 Å². The van der Waals surface area contributed by atoms with Crippen molar-refractivity contribution in [3.63, 3.8) is 0 Å². The first-order valence-corrected chi connectivity index (χ1v) is 7.86. The number of amides is 1. The van der Waals surface area contributed by atoms with E-state index in [1.165, 1.54) is 43.3 Å². The lowest BCUT2D eigenvalue weighted by Gasteiger charge is -2.13. The van der Waals surface area contributed by atoms with Gasteiger partial charge in [-0.25, -0.2) is 0 Å². The Bertz CT molecular complexity index is 932. The van der Waals surface area contributed by atoms with Crippen molar-refractivity contribution in [2.24, 2.45) is 0 Å². The highest BCUT2D eigenvalue weighted by Crippen LogP contribution is 2.23. The van der Waals surface area contributed by atoms with Gasteiger partial charge in [-0.05, 0) is 42.9 Å². The number of nitro groups is 1. The first-order chi connectivity index (χ1) is 12.2. The van der Waals surface area contributed by atoms with Crippen molar-refractivity contribution in [2.45, 2.75) is 6.92 Å². The van der Waals surface area contributed by atoms with E-state index in [4.69, 9.17) is 23.8 Å². The third-order valence-corrected chi connectivity index (χ3v) is 3.96. The molecule has 10 heteroatoms. The molecule has 0 heterocycles. The standard InChI is InChI=1S/C16H12ClN3O5S/c1-8-10(3-2-4-13(8)20(24)25)14(21)19-16(26)18-12-7-9(15(22)23)5-6-11(12)17/h2-7H,1H3,(H,22,23)(H2,18,19,21,26)/p-1. The summed E-state index contributed by atoms with van der Waals surface area (Å²) in [6, 6.07) is 7.89. The number of aromatic carboxylic acids is 1. The maximum absolute atomic E-state index is 12.3. The summed E-state index contributed by atoms with van der Waals surface area (Å²) in [5.41, 5.74) is 0.115. The van der Waals surface area contributed by atoms with Crippen LogP contribution in [0.4, 0.5) is 11.4 Å². The lowest BCUT2D eigenvalue weighted by molar-refractivity contribution is -0.385. The number of anilines is 1. The van der Waals surface area contributed by atoms with E-state index >= 15 is 0 Å². The number of rotatable bonds is 4. The van der Waals surface area contributed by atoms with Crippen molar-refractivity contribution in [2.75, 3.05) is 5.32 Å². The van der Waals surface area contributed by atoms with Crippen LogP contribution in [0.3, 0.4) is 0 Å². The number of thiocarbonyl (C=S) groups is 1. The van der Waals surface area contributed by atoms with Crippen LogP contribution in [0.5, 0.6) is 0 Å². The van der Waals surface area contributed by atoms with Gasteiger partial charge in [-0.15, -0.1) is 0 Å². The first kappa shape index (κ1) is 19.3. The second kappa shape index (κ2) is 7.89. The average molecular weight is 393 g/mol. The average Bonchev–Trinajstić information content (AvgIpc) is 2.56. The Morgan fingerprint density at radius 3 is 2.54 bits per heavy atom. The molecule has 0 aliphatic rings. The van der Waals surface area contributed by atoms with E-state index in [0.717, 1.165) is 0 Å². The fourth-order valence-corrected chi connectivity index (χ4v) is 2.51. The van der Waals surface area contributed by atoms with Crippen molar-refractivity contribution in [3.8, 4) is 0 Å². The number of hydrogen-bond donors (Lipinski definition) is 2. The number of benzene rings is 2. The third kappa shape index (κ3) is 4.32. The van der Waals surface area contributed by atoms with Gasteiger partial charge in [0, 0.05) is 17.2 Å². The summed E-state index contributed by atoms with van der Waals surface area (Å²) < 4.78 is 0. The van der Waals surface area contributed by atoms with E-state index in [-0.39, 0.29) is 38.2 Å². The Hall–Kier alpha value is -3.04. The lowest BCUT2D eigenvalue weighted by Crippen LogP contribution is -2.34. The van der Waals surface area contributed by atoms with Gasteiger partial charge < -0.3 is 15.2 Å². The number of nitro benzene ring substituents is 1. The highest BCUT2D eigenvalue weighted by Gasteiger charge is 2.18. The largest absolute Gasteiger partial charge is 0.545 e. The molecule has 2 aromatic rings. The van der Waals surface area contributed by atoms with Crippen LogP contribution in [0.15, 0.2) is 36.4 Å². The Morgan fingerprint density at radius 1 is 1.23 bits per heavy atom. The van der Waals surface area contributed by atoms with Crippen LogP contribution in [0.1, 0.15) is 26.3 Å². The van der Waals surface area contributed by atoms with Crippen molar-refractivity contribution in [3.05, 3.63) is 68.2 Å². The molecule has 0 atom stereocenters. The summed E-state index contributed by atoms with van der Waals surface area (Å²) >= 11 is 11.0. The van der Waals surface area contributed by atoms with E-state index < -0.39 is 16.8 Å². The molecule has 0 spiro atoms. The molecular weight excluding hydrogens is 382 g/mol. The van der Waals surface area contributed by atoms with E-state index in [9.17, 15) is 24.8 Å². The van der Waals surface area contributed by atoms with Crippen molar-refractivity contribution in [1.82, 2.24) is 5.32 Å². The molecular formula is C16H11ClN3O5S-. The van der Waals surface area contributed by atoms with E-state index in [0.29, 0.717) is 0 Å². The Kier molecular flexibility index (Phi) is 5.86. The molecule has 134 valence electrons. The van der Waals surface area contributed by atoms with E-state index in [1.54, 1.807) is 0 Å². The summed E-state index contributed by atoms with van der Waals surface area (Å²) in [5.74, 6) is -2.05. The van der Waals surface area contributed by atoms with Crippen LogP contribution in [-0.4, -0.2) is 21.9 Å². The minimum Gasteiger partial charge on any atom is -0.545 e. The molecule has 0 radical (unpaired) electrons. The van der Waals surface area contributed by atoms with Crippen molar-refractivity contribution < 1.29 is 19.6 Å². The van der Waals surface area contributed by atoms with Gasteiger partial charge in [-0.3, -0.25) is 20.2 Å². The van der Waals surface area contributed by atoms with Gasteiger partial charge in [0.2, 0.25) is 0 Å². The predicted molar refractivity (Wildman–Crippen MR) is 97.3 cm³/mol. The molecule has 8 nitrogen and oxygen atoms in total. The minimum absolute atomic E-state index is 0.0814. The summed E-state index contributed by atoms with van der Waals surface area (Å²) in [5, 5.41) is 26.8. The number of halogens is 1. The van der Waals surface area contributed by atoms with Gasteiger partial charge in [0.05, 0.1) is 21.6 Å². The molecule has 1 amide bonds. The number of carboxylic acids is 1. The lowest BCUT2D eigenvalue weighted by atomic mass is 10.1. The number of carboxylic acid groups (broad SMARTS) is 1. The molecule has 2 aromatic carbocycles. The second-order valence-electron chi connectivity index (χ2n) is 5.10. The molecule has 0 bridgehead atoms. The Morgan fingerprint density at radius 2 is 1.92 bits per heavy atom. The molecule has 0 aliphatic carbocycles. The van der Waals surface area contributed by atoms with E-state index in [1.807, 2.05) is 0 Å². The molecule has 0 aliphatic heterocycles. The molecule has 0 unspecified atom stereocenters. The highest BCUT2D eigenvalue weighted by molar-refractivity contribution is 7.80. The number of hydrogen-bond acceptors (Lipinski definition) is 6. The van der Waals surface area contributed by atoms with Gasteiger partial charge in [-0.1, -0.05) is 23.7 Å².